The second kappa shape index (κ2) is 5.60. The fourth-order valence-corrected chi connectivity index (χ4v) is 1.73. The van der Waals surface area contributed by atoms with Gasteiger partial charge in [-0.3, -0.25) is 0 Å². The molecule has 3 nitrogen and oxygen atoms in total. The number of pyridine rings is 1. The molecule has 0 amide bonds. The second-order valence-corrected chi connectivity index (χ2v) is 4.10. The smallest absolute Gasteiger partial charge is 0.132 e. The molecule has 1 aromatic heterocycles. The molecule has 0 aliphatic carbocycles. The van der Waals surface area contributed by atoms with E-state index in [1.807, 2.05) is 30.3 Å². The molecule has 0 radical (unpaired) electrons. The summed E-state index contributed by atoms with van der Waals surface area (Å²) in [5.74, 6) is 0.584. The Morgan fingerprint density at radius 3 is 2.44 bits per heavy atom. The molecule has 94 valence electrons. The van der Waals surface area contributed by atoms with Gasteiger partial charge in [-0.15, -0.1) is 0 Å². The van der Waals surface area contributed by atoms with E-state index < -0.39 is 0 Å². The van der Waals surface area contributed by atoms with Crippen molar-refractivity contribution in [1.82, 2.24) is 4.98 Å². The Hall–Kier alpha value is -1.94. The van der Waals surface area contributed by atoms with E-state index in [0.29, 0.717) is 6.54 Å². The molecule has 0 spiro atoms. The van der Waals surface area contributed by atoms with Gasteiger partial charge in [0.1, 0.15) is 11.6 Å². The standard InChI is InChI=1S/C14H16FN3/c1-18(13-5-3-12(15)4-6-13)14-7-2-11(8-9-16)10-17-14/h2-7,10H,8-9,16H2,1H3. The number of aromatic nitrogens is 1. The molecule has 2 rings (SSSR count). The number of nitrogens with zero attached hydrogens (tertiary/aromatic N) is 2. The summed E-state index contributed by atoms with van der Waals surface area (Å²) in [7, 11) is 1.90. The van der Waals surface area contributed by atoms with Gasteiger partial charge in [0.15, 0.2) is 0 Å². The summed E-state index contributed by atoms with van der Waals surface area (Å²) < 4.78 is 12.8. The quantitative estimate of drug-likeness (QED) is 0.899. The minimum atomic E-state index is -0.238. The van der Waals surface area contributed by atoms with Gasteiger partial charge in [0.05, 0.1) is 0 Å². The van der Waals surface area contributed by atoms with E-state index in [1.54, 1.807) is 12.1 Å². The molecule has 0 aliphatic rings. The summed E-state index contributed by atoms with van der Waals surface area (Å²) in [6.45, 7) is 0.620. The van der Waals surface area contributed by atoms with Crippen LogP contribution in [0.2, 0.25) is 0 Å². The topological polar surface area (TPSA) is 42.1 Å². The highest BCUT2D eigenvalue weighted by Crippen LogP contribution is 2.21. The predicted octanol–water partition coefficient (Wildman–Crippen LogP) is 2.49. The SMILES string of the molecule is CN(c1ccc(F)cc1)c1ccc(CCN)cn1. The van der Waals surface area contributed by atoms with Crippen LogP contribution in [-0.2, 0) is 6.42 Å². The average Bonchev–Trinajstić information content (AvgIpc) is 2.40. The molecule has 4 heteroatoms. The van der Waals surface area contributed by atoms with Crippen molar-refractivity contribution in [3.8, 4) is 0 Å². The van der Waals surface area contributed by atoms with Gasteiger partial charge < -0.3 is 10.6 Å². The van der Waals surface area contributed by atoms with Crippen molar-refractivity contribution >= 4 is 11.5 Å². The first-order valence-electron chi connectivity index (χ1n) is 5.85. The van der Waals surface area contributed by atoms with Gasteiger partial charge in [0, 0.05) is 18.9 Å². The van der Waals surface area contributed by atoms with Crippen LogP contribution in [0.3, 0.4) is 0 Å². The monoisotopic (exact) mass is 245 g/mol. The van der Waals surface area contributed by atoms with Crippen molar-refractivity contribution in [2.24, 2.45) is 5.73 Å². The van der Waals surface area contributed by atoms with Crippen LogP contribution >= 0.6 is 0 Å². The summed E-state index contributed by atoms with van der Waals surface area (Å²) in [6.07, 6.45) is 2.65. The van der Waals surface area contributed by atoms with E-state index >= 15 is 0 Å². The molecular weight excluding hydrogens is 229 g/mol. The molecule has 0 bridgehead atoms. The number of rotatable bonds is 4. The lowest BCUT2D eigenvalue weighted by Gasteiger charge is -2.18. The zero-order valence-electron chi connectivity index (χ0n) is 10.3. The van der Waals surface area contributed by atoms with Crippen LogP contribution in [0.1, 0.15) is 5.56 Å². The first kappa shape index (κ1) is 12.5. The molecule has 0 unspecified atom stereocenters. The second-order valence-electron chi connectivity index (χ2n) is 4.10. The maximum Gasteiger partial charge on any atom is 0.132 e. The first-order chi connectivity index (χ1) is 8.70. The molecule has 2 N–H and O–H groups in total. The van der Waals surface area contributed by atoms with Crippen molar-refractivity contribution in [3.05, 3.63) is 54.0 Å². The average molecular weight is 245 g/mol. The van der Waals surface area contributed by atoms with E-state index in [9.17, 15) is 4.39 Å². The van der Waals surface area contributed by atoms with Crippen LogP contribution in [0, 0.1) is 5.82 Å². The van der Waals surface area contributed by atoms with Gasteiger partial charge in [0.25, 0.3) is 0 Å². The highest BCUT2D eigenvalue weighted by Gasteiger charge is 2.05. The lowest BCUT2D eigenvalue weighted by atomic mass is 10.2. The Morgan fingerprint density at radius 1 is 1.17 bits per heavy atom. The number of hydrogen-bond donors (Lipinski definition) is 1. The molecular formula is C14H16FN3. The number of halogens is 1. The van der Waals surface area contributed by atoms with Crippen LogP contribution in [0.4, 0.5) is 15.9 Å². The third-order valence-electron chi connectivity index (χ3n) is 2.80. The molecule has 0 saturated heterocycles. The van der Waals surface area contributed by atoms with E-state index in [0.717, 1.165) is 23.5 Å². The minimum Gasteiger partial charge on any atom is -0.330 e. The fourth-order valence-electron chi connectivity index (χ4n) is 1.73. The molecule has 1 aromatic carbocycles. The number of benzene rings is 1. The van der Waals surface area contributed by atoms with E-state index in [4.69, 9.17) is 5.73 Å². The van der Waals surface area contributed by atoms with Gasteiger partial charge in [-0.25, -0.2) is 9.37 Å². The van der Waals surface area contributed by atoms with Crippen LogP contribution in [0.25, 0.3) is 0 Å². The number of hydrogen-bond acceptors (Lipinski definition) is 3. The van der Waals surface area contributed by atoms with Gasteiger partial charge in [-0.05, 0) is 48.9 Å². The molecule has 18 heavy (non-hydrogen) atoms. The van der Waals surface area contributed by atoms with Gasteiger partial charge in [-0.2, -0.15) is 0 Å². The van der Waals surface area contributed by atoms with Crippen molar-refractivity contribution in [3.63, 3.8) is 0 Å². The maximum absolute atomic E-state index is 12.8. The zero-order chi connectivity index (χ0) is 13.0. The minimum absolute atomic E-state index is 0.238. The van der Waals surface area contributed by atoms with Crippen LogP contribution in [0.5, 0.6) is 0 Å². The number of nitrogens with two attached hydrogens (primary N) is 1. The lowest BCUT2D eigenvalue weighted by Crippen LogP contribution is -2.11. The van der Waals surface area contributed by atoms with Crippen molar-refractivity contribution in [1.29, 1.82) is 0 Å². The summed E-state index contributed by atoms with van der Waals surface area (Å²) in [6, 6.07) is 10.3. The van der Waals surface area contributed by atoms with E-state index in [-0.39, 0.29) is 5.82 Å². The van der Waals surface area contributed by atoms with Crippen molar-refractivity contribution in [2.75, 3.05) is 18.5 Å². The van der Waals surface area contributed by atoms with Gasteiger partial charge in [-0.1, -0.05) is 6.07 Å². The van der Waals surface area contributed by atoms with Crippen LogP contribution < -0.4 is 10.6 Å². The summed E-state index contributed by atoms with van der Waals surface area (Å²) in [4.78, 5) is 6.28. The highest BCUT2D eigenvalue weighted by molar-refractivity contribution is 5.58. The predicted molar refractivity (Wildman–Crippen MR) is 71.5 cm³/mol. The van der Waals surface area contributed by atoms with E-state index in [1.165, 1.54) is 12.1 Å². The Labute approximate surface area is 106 Å². The Morgan fingerprint density at radius 2 is 1.89 bits per heavy atom. The molecule has 1 heterocycles. The van der Waals surface area contributed by atoms with Gasteiger partial charge >= 0.3 is 0 Å². The van der Waals surface area contributed by atoms with Gasteiger partial charge in [0.2, 0.25) is 0 Å². The normalized spacial score (nSPS) is 10.4. The Bertz CT molecular complexity index is 493. The largest absolute Gasteiger partial charge is 0.330 e. The zero-order valence-corrected chi connectivity index (χ0v) is 10.3. The number of anilines is 2. The highest BCUT2D eigenvalue weighted by atomic mass is 19.1. The lowest BCUT2D eigenvalue weighted by molar-refractivity contribution is 0.628. The summed E-state index contributed by atoms with van der Waals surface area (Å²) >= 11 is 0. The maximum atomic E-state index is 12.8. The van der Waals surface area contributed by atoms with Crippen molar-refractivity contribution in [2.45, 2.75) is 6.42 Å². The molecule has 0 fully saturated rings. The first-order valence-corrected chi connectivity index (χ1v) is 5.85. The molecule has 0 saturated carbocycles. The fraction of sp³-hybridized carbons (Fsp3) is 0.214. The Kier molecular flexibility index (Phi) is 3.89. The molecule has 2 aromatic rings. The van der Waals surface area contributed by atoms with Crippen molar-refractivity contribution < 1.29 is 4.39 Å². The molecule has 0 atom stereocenters. The molecule has 0 aliphatic heterocycles. The van der Waals surface area contributed by atoms with Crippen LogP contribution in [0.15, 0.2) is 42.6 Å². The van der Waals surface area contributed by atoms with Crippen LogP contribution in [-0.4, -0.2) is 18.6 Å². The summed E-state index contributed by atoms with van der Waals surface area (Å²) in [5.41, 5.74) is 7.51. The third-order valence-corrected chi connectivity index (χ3v) is 2.80. The Balaban J connectivity index is 2.17. The summed E-state index contributed by atoms with van der Waals surface area (Å²) in [5, 5.41) is 0. The van der Waals surface area contributed by atoms with E-state index in [2.05, 4.69) is 4.98 Å². The third kappa shape index (κ3) is 2.84.